The van der Waals surface area contributed by atoms with Crippen LogP contribution in [-0.2, 0) is 9.59 Å². The van der Waals surface area contributed by atoms with E-state index < -0.39 is 0 Å². The molecule has 2 rings (SSSR count). The Morgan fingerprint density at radius 3 is 1.44 bits per heavy atom. The molecule has 0 saturated heterocycles. The van der Waals surface area contributed by atoms with Crippen LogP contribution in [0.1, 0.15) is 174 Å². The zero-order chi connectivity index (χ0) is 34.5. The number of carbonyl (C=O) groups excluding carboxylic acids is 2. The molecule has 268 valence electrons. The van der Waals surface area contributed by atoms with Gasteiger partial charge in [-0.05, 0) is 60.9 Å². The lowest BCUT2D eigenvalue weighted by molar-refractivity contribution is -0.135. The van der Waals surface area contributed by atoms with Crippen LogP contribution in [0.15, 0.2) is 47.5 Å². The van der Waals surface area contributed by atoms with Crippen molar-refractivity contribution >= 4 is 23.8 Å². The first kappa shape index (κ1) is 41.0. The van der Waals surface area contributed by atoms with Gasteiger partial charge in [0.1, 0.15) is 5.75 Å². The third-order valence-corrected chi connectivity index (χ3v) is 8.81. The molecule has 0 aromatic heterocycles. The van der Waals surface area contributed by atoms with E-state index in [1.165, 1.54) is 116 Å². The number of ether oxygens (including phenoxy) is 3. The molecule has 48 heavy (non-hydrogen) atoms. The summed E-state index contributed by atoms with van der Waals surface area (Å²) in [7, 11) is 1.56. The molecule has 6 heteroatoms. The molecule has 0 atom stereocenters. The van der Waals surface area contributed by atoms with Crippen molar-refractivity contribution in [2.75, 3.05) is 7.11 Å². The van der Waals surface area contributed by atoms with Crippen LogP contribution in [0.2, 0.25) is 0 Å². The highest BCUT2D eigenvalue weighted by Gasteiger charge is 2.11. The maximum Gasteiger partial charge on any atom is 0.311 e. The second kappa shape index (κ2) is 27.8. The van der Waals surface area contributed by atoms with E-state index >= 15 is 0 Å². The van der Waals surface area contributed by atoms with E-state index in [0.29, 0.717) is 30.1 Å². The van der Waals surface area contributed by atoms with Crippen molar-refractivity contribution in [2.45, 2.75) is 168 Å². The summed E-state index contributed by atoms with van der Waals surface area (Å²) in [6.45, 7) is 4.51. The molecule has 0 radical (unpaired) electrons. The van der Waals surface area contributed by atoms with Gasteiger partial charge >= 0.3 is 11.9 Å². The number of unbranched alkanes of at least 4 members (excludes halogenated alkanes) is 20. The minimum Gasteiger partial charge on any atom is -0.493 e. The minimum atomic E-state index is -0.231. The van der Waals surface area contributed by atoms with Gasteiger partial charge in [-0.15, -0.1) is 0 Å². The Bertz CT molecular complexity index is 1140. The normalized spacial score (nSPS) is 11.2. The zero-order valence-electron chi connectivity index (χ0n) is 30.6. The predicted octanol–water partition coefficient (Wildman–Crippen LogP) is 12.7. The van der Waals surface area contributed by atoms with Gasteiger partial charge in [-0.3, -0.25) is 14.6 Å². The largest absolute Gasteiger partial charge is 0.493 e. The smallest absolute Gasteiger partial charge is 0.311 e. The molecule has 2 aromatic carbocycles. The Hall–Kier alpha value is -3.15. The van der Waals surface area contributed by atoms with Gasteiger partial charge in [0.05, 0.1) is 12.8 Å². The molecular weight excluding hydrogens is 598 g/mol. The molecule has 0 heterocycles. The van der Waals surface area contributed by atoms with Gasteiger partial charge in [-0.25, -0.2) is 0 Å². The van der Waals surface area contributed by atoms with Crippen LogP contribution in [0, 0.1) is 0 Å². The minimum absolute atomic E-state index is 0.186. The number of hydrogen-bond acceptors (Lipinski definition) is 6. The van der Waals surface area contributed by atoms with E-state index in [1.807, 2.05) is 18.2 Å². The number of esters is 2. The van der Waals surface area contributed by atoms with Crippen molar-refractivity contribution < 1.29 is 23.8 Å². The zero-order valence-corrected chi connectivity index (χ0v) is 30.6. The van der Waals surface area contributed by atoms with Crippen LogP contribution < -0.4 is 14.2 Å². The summed E-state index contributed by atoms with van der Waals surface area (Å²) in [5.74, 6) is 1.02. The molecule has 0 spiro atoms. The van der Waals surface area contributed by atoms with Crippen LogP contribution in [0.5, 0.6) is 17.2 Å². The SMILES string of the molecule is CCCCCCCCCCCCCC(=O)Oc1ccc(N=Cc2ccc(OC(=O)CCCCCCCCCCCCC)c(OC)c2)cc1. The molecule has 0 saturated carbocycles. The molecule has 0 aliphatic rings. The summed E-state index contributed by atoms with van der Waals surface area (Å²) in [6.07, 6.45) is 30.1. The summed E-state index contributed by atoms with van der Waals surface area (Å²) in [4.78, 5) is 29.2. The lowest BCUT2D eigenvalue weighted by Crippen LogP contribution is -2.08. The van der Waals surface area contributed by atoms with Crippen molar-refractivity contribution in [1.29, 1.82) is 0 Å². The van der Waals surface area contributed by atoms with Gasteiger partial charge in [0.25, 0.3) is 0 Å². The van der Waals surface area contributed by atoms with E-state index in [2.05, 4.69) is 18.8 Å². The van der Waals surface area contributed by atoms with E-state index in [9.17, 15) is 9.59 Å². The average Bonchev–Trinajstić information content (AvgIpc) is 3.09. The highest BCUT2D eigenvalue weighted by molar-refractivity contribution is 5.83. The summed E-state index contributed by atoms with van der Waals surface area (Å²) in [5, 5.41) is 0. The first-order valence-electron chi connectivity index (χ1n) is 19.3. The summed E-state index contributed by atoms with van der Waals surface area (Å²) >= 11 is 0. The molecule has 0 aliphatic heterocycles. The van der Waals surface area contributed by atoms with Crippen molar-refractivity contribution in [3.8, 4) is 17.2 Å². The summed E-state index contributed by atoms with van der Waals surface area (Å²) < 4.78 is 16.6. The Balaban J connectivity index is 1.63. The van der Waals surface area contributed by atoms with Gasteiger partial charge < -0.3 is 14.2 Å². The summed E-state index contributed by atoms with van der Waals surface area (Å²) in [5.41, 5.74) is 1.56. The van der Waals surface area contributed by atoms with Crippen LogP contribution in [0.25, 0.3) is 0 Å². The molecular formula is C42H65NO5. The first-order valence-corrected chi connectivity index (χ1v) is 19.3. The fourth-order valence-corrected chi connectivity index (χ4v) is 5.82. The third-order valence-electron chi connectivity index (χ3n) is 8.81. The number of carbonyl (C=O) groups is 2. The van der Waals surface area contributed by atoms with E-state index in [-0.39, 0.29) is 11.9 Å². The van der Waals surface area contributed by atoms with Gasteiger partial charge in [-0.2, -0.15) is 0 Å². The first-order chi connectivity index (χ1) is 23.5. The molecule has 0 unspecified atom stereocenters. The van der Waals surface area contributed by atoms with Crippen LogP contribution in [0.3, 0.4) is 0 Å². The lowest BCUT2D eigenvalue weighted by Gasteiger charge is -2.10. The Labute approximate surface area is 292 Å². The van der Waals surface area contributed by atoms with E-state index in [0.717, 1.165) is 36.9 Å². The third kappa shape index (κ3) is 20.3. The average molecular weight is 664 g/mol. The van der Waals surface area contributed by atoms with E-state index in [4.69, 9.17) is 14.2 Å². The quantitative estimate of drug-likeness (QED) is 0.0375. The molecule has 0 amide bonds. The predicted molar refractivity (Wildman–Crippen MR) is 200 cm³/mol. The number of hydrogen-bond donors (Lipinski definition) is 0. The number of aliphatic imine (C=N–C) groups is 1. The van der Waals surface area contributed by atoms with Crippen molar-refractivity contribution in [1.82, 2.24) is 0 Å². The number of methoxy groups -OCH3 is 1. The summed E-state index contributed by atoms with van der Waals surface area (Å²) in [6, 6.07) is 12.6. The highest BCUT2D eigenvalue weighted by atomic mass is 16.6. The van der Waals surface area contributed by atoms with E-state index in [1.54, 1.807) is 37.6 Å². The molecule has 2 aromatic rings. The monoisotopic (exact) mass is 663 g/mol. The molecule has 0 bridgehead atoms. The Kier molecular flexibility index (Phi) is 23.7. The fourth-order valence-electron chi connectivity index (χ4n) is 5.82. The fraction of sp³-hybridized carbons (Fsp3) is 0.643. The molecule has 6 nitrogen and oxygen atoms in total. The second-order valence-electron chi connectivity index (χ2n) is 13.2. The van der Waals surface area contributed by atoms with Gasteiger partial charge in [-0.1, -0.05) is 142 Å². The Morgan fingerprint density at radius 1 is 0.542 bits per heavy atom. The highest BCUT2D eigenvalue weighted by Crippen LogP contribution is 2.29. The second-order valence-corrected chi connectivity index (χ2v) is 13.2. The molecule has 0 fully saturated rings. The van der Waals surface area contributed by atoms with Crippen molar-refractivity contribution in [3.63, 3.8) is 0 Å². The standard InChI is InChI=1S/C42H65NO5/c1-4-6-8-10-12-14-16-18-20-22-24-26-41(44)47-38-31-29-37(30-32-38)43-35-36-28-33-39(40(34-36)46-3)48-42(45)27-25-23-21-19-17-15-13-11-9-7-5-2/h28-35H,4-27H2,1-3H3. The van der Waals surface area contributed by atoms with Gasteiger partial charge in [0.15, 0.2) is 11.5 Å². The van der Waals surface area contributed by atoms with Crippen LogP contribution in [0.4, 0.5) is 5.69 Å². The van der Waals surface area contributed by atoms with Crippen molar-refractivity contribution in [2.24, 2.45) is 4.99 Å². The van der Waals surface area contributed by atoms with Gasteiger partial charge in [0.2, 0.25) is 0 Å². The maximum atomic E-state index is 12.4. The number of rotatable bonds is 29. The topological polar surface area (TPSA) is 74.2 Å². The van der Waals surface area contributed by atoms with Crippen LogP contribution >= 0.6 is 0 Å². The number of nitrogens with zero attached hydrogens (tertiary/aromatic N) is 1. The van der Waals surface area contributed by atoms with Gasteiger partial charge in [0, 0.05) is 19.1 Å². The molecule has 0 N–H and O–H groups in total. The van der Waals surface area contributed by atoms with Crippen molar-refractivity contribution in [3.05, 3.63) is 48.0 Å². The molecule has 0 aliphatic carbocycles. The van der Waals surface area contributed by atoms with Crippen LogP contribution in [-0.4, -0.2) is 25.3 Å². The lowest BCUT2D eigenvalue weighted by atomic mass is 10.1. The number of benzene rings is 2. The maximum absolute atomic E-state index is 12.4. The Morgan fingerprint density at radius 2 is 0.979 bits per heavy atom.